The van der Waals surface area contributed by atoms with Gasteiger partial charge < -0.3 is 20.0 Å². The van der Waals surface area contributed by atoms with Crippen LogP contribution in [0.3, 0.4) is 0 Å². The van der Waals surface area contributed by atoms with Gasteiger partial charge in [0.15, 0.2) is 22.9 Å². The number of nitrogens with zero attached hydrogens (tertiary/aromatic N) is 2. The molecule has 4 rings (SSSR count). The quantitative estimate of drug-likeness (QED) is 0.549. The first-order valence-corrected chi connectivity index (χ1v) is 10.1. The van der Waals surface area contributed by atoms with Gasteiger partial charge in [0.25, 0.3) is 0 Å². The van der Waals surface area contributed by atoms with Crippen LogP contribution in [0.1, 0.15) is 73.6 Å². The SMILES string of the molecule is C1CCCCCC1.CCOC(=O)c1c(N)oc(C=C2C=Nc3ncccc32)c1O. The van der Waals surface area contributed by atoms with Gasteiger partial charge in [-0.25, -0.2) is 14.8 Å². The number of aromatic hydroxyl groups is 1. The third-order valence-electron chi connectivity index (χ3n) is 4.88. The molecular formula is C22H27N3O4. The number of carbonyl (C=O) groups is 1. The predicted molar refractivity (Wildman–Crippen MR) is 113 cm³/mol. The maximum absolute atomic E-state index is 11.8. The van der Waals surface area contributed by atoms with Crippen molar-refractivity contribution in [3.8, 4) is 5.75 Å². The zero-order chi connectivity index (χ0) is 20.6. The van der Waals surface area contributed by atoms with E-state index in [2.05, 4.69) is 9.98 Å². The van der Waals surface area contributed by atoms with E-state index in [-0.39, 0.29) is 29.6 Å². The van der Waals surface area contributed by atoms with Crippen molar-refractivity contribution in [2.24, 2.45) is 4.99 Å². The Balaban J connectivity index is 0.000000290. The number of nitrogen functional groups attached to an aromatic ring is 1. The topological polar surface area (TPSA) is 111 Å². The zero-order valence-corrected chi connectivity index (χ0v) is 16.7. The van der Waals surface area contributed by atoms with Crippen molar-refractivity contribution in [2.75, 3.05) is 12.3 Å². The number of nitrogens with two attached hydrogens (primary N) is 1. The van der Waals surface area contributed by atoms with Crippen molar-refractivity contribution in [2.45, 2.75) is 51.9 Å². The summed E-state index contributed by atoms with van der Waals surface area (Å²) in [6.07, 6.45) is 15.3. The first kappa shape index (κ1) is 20.6. The van der Waals surface area contributed by atoms with Crippen LogP contribution in [0.15, 0.2) is 27.7 Å². The average molecular weight is 397 g/mol. The van der Waals surface area contributed by atoms with Gasteiger partial charge in [0, 0.05) is 23.5 Å². The lowest BCUT2D eigenvalue weighted by atomic mass is 10.1. The minimum Gasteiger partial charge on any atom is -0.504 e. The smallest absolute Gasteiger partial charge is 0.347 e. The second-order valence-corrected chi connectivity index (χ2v) is 6.98. The fourth-order valence-electron chi connectivity index (χ4n) is 3.38. The molecule has 2 aromatic rings. The zero-order valence-electron chi connectivity index (χ0n) is 16.7. The summed E-state index contributed by atoms with van der Waals surface area (Å²) in [5.41, 5.74) is 6.97. The summed E-state index contributed by atoms with van der Waals surface area (Å²) in [6, 6.07) is 3.62. The Labute approximate surface area is 170 Å². The van der Waals surface area contributed by atoms with Crippen molar-refractivity contribution >= 4 is 35.5 Å². The van der Waals surface area contributed by atoms with Crippen molar-refractivity contribution in [1.29, 1.82) is 0 Å². The van der Waals surface area contributed by atoms with E-state index in [9.17, 15) is 9.90 Å². The van der Waals surface area contributed by atoms with Crippen molar-refractivity contribution < 1.29 is 19.1 Å². The Hall–Kier alpha value is -3.09. The van der Waals surface area contributed by atoms with Crippen LogP contribution in [0.4, 0.5) is 11.7 Å². The molecule has 29 heavy (non-hydrogen) atoms. The minimum atomic E-state index is -0.729. The Bertz CT molecular complexity index is 895. The first-order chi connectivity index (χ1) is 14.1. The second kappa shape index (κ2) is 9.91. The highest BCUT2D eigenvalue weighted by atomic mass is 16.5. The summed E-state index contributed by atoms with van der Waals surface area (Å²) in [7, 11) is 0. The predicted octanol–water partition coefficient (Wildman–Crippen LogP) is 5.13. The highest BCUT2D eigenvalue weighted by Gasteiger charge is 2.25. The van der Waals surface area contributed by atoms with Gasteiger partial charge in [-0.2, -0.15) is 0 Å². The molecule has 1 fully saturated rings. The van der Waals surface area contributed by atoms with Crippen LogP contribution in [-0.4, -0.2) is 28.9 Å². The molecule has 0 aromatic carbocycles. The third-order valence-corrected chi connectivity index (χ3v) is 4.88. The monoisotopic (exact) mass is 397 g/mol. The summed E-state index contributed by atoms with van der Waals surface area (Å²) in [5, 5.41) is 10.1. The largest absolute Gasteiger partial charge is 0.504 e. The van der Waals surface area contributed by atoms with Crippen LogP contribution >= 0.6 is 0 Å². The van der Waals surface area contributed by atoms with E-state index in [4.69, 9.17) is 14.9 Å². The van der Waals surface area contributed by atoms with Gasteiger partial charge in [-0.1, -0.05) is 44.9 Å². The molecule has 0 amide bonds. The number of aliphatic imine (C=N–C) groups is 1. The number of allylic oxidation sites excluding steroid dienone is 1. The van der Waals surface area contributed by atoms with Gasteiger partial charge in [0.2, 0.25) is 5.88 Å². The number of furan rings is 1. The molecule has 1 aliphatic carbocycles. The molecule has 2 aromatic heterocycles. The summed E-state index contributed by atoms with van der Waals surface area (Å²) in [4.78, 5) is 20.0. The van der Waals surface area contributed by atoms with Gasteiger partial charge in [-0.3, -0.25) is 0 Å². The van der Waals surface area contributed by atoms with Gasteiger partial charge >= 0.3 is 5.97 Å². The number of ether oxygens (including phenoxy) is 1. The summed E-state index contributed by atoms with van der Waals surface area (Å²) >= 11 is 0. The number of aromatic nitrogens is 1. The Morgan fingerprint density at radius 2 is 1.90 bits per heavy atom. The highest BCUT2D eigenvalue weighted by Crippen LogP contribution is 2.36. The molecule has 0 atom stereocenters. The molecular weight excluding hydrogens is 370 g/mol. The van der Waals surface area contributed by atoms with Crippen LogP contribution < -0.4 is 5.73 Å². The normalized spacial score (nSPS) is 16.7. The maximum Gasteiger partial charge on any atom is 0.347 e. The van der Waals surface area contributed by atoms with Crippen LogP contribution in [0, 0.1) is 0 Å². The number of fused-ring (bicyclic) bond motifs is 1. The standard InChI is InChI=1S/C15H13N3O4.C7H14/c1-2-21-15(20)11-12(19)10(22-13(11)16)6-8-7-18-14-9(8)4-3-5-17-14;1-2-4-6-7-5-3-1/h3-7,19H,2,16H2,1H3;1-7H2. The first-order valence-electron chi connectivity index (χ1n) is 10.1. The van der Waals surface area contributed by atoms with Crippen molar-refractivity contribution in [3.05, 3.63) is 35.2 Å². The fraction of sp³-hybridized carbons (Fsp3) is 0.409. The molecule has 7 nitrogen and oxygen atoms in total. The van der Waals surface area contributed by atoms with Crippen molar-refractivity contribution in [3.63, 3.8) is 0 Å². The number of esters is 1. The van der Waals surface area contributed by atoms with E-state index >= 15 is 0 Å². The lowest BCUT2D eigenvalue weighted by Crippen LogP contribution is -2.06. The summed E-state index contributed by atoms with van der Waals surface area (Å²) in [6.45, 7) is 1.83. The number of anilines is 1. The average Bonchev–Trinajstić information content (AvgIpc) is 3.07. The van der Waals surface area contributed by atoms with Gasteiger partial charge in [-0.15, -0.1) is 0 Å². The fourth-order valence-corrected chi connectivity index (χ4v) is 3.38. The number of hydrogen-bond acceptors (Lipinski definition) is 7. The van der Waals surface area contributed by atoms with Crippen LogP contribution in [0.25, 0.3) is 11.6 Å². The number of pyridine rings is 1. The van der Waals surface area contributed by atoms with Crippen LogP contribution in [-0.2, 0) is 4.74 Å². The summed E-state index contributed by atoms with van der Waals surface area (Å²) in [5.74, 6) is -0.622. The van der Waals surface area contributed by atoms with E-state index < -0.39 is 5.97 Å². The van der Waals surface area contributed by atoms with Gasteiger partial charge in [0.05, 0.1) is 6.61 Å². The molecule has 7 heteroatoms. The highest BCUT2D eigenvalue weighted by molar-refractivity contribution is 6.21. The summed E-state index contributed by atoms with van der Waals surface area (Å²) < 4.78 is 10.1. The van der Waals surface area contributed by atoms with E-state index in [1.54, 1.807) is 31.5 Å². The Morgan fingerprint density at radius 1 is 1.24 bits per heavy atom. The van der Waals surface area contributed by atoms with Gasteiger partial charge in [0.1, 0.15) is 0 Å². The van der Waals surface area contributed by atoms with E-state index in [1.807, 2.05) is 6.07 Å². The number of rotatable bonds is 3. The maximum atomic E-state index is 11.8. The Morgan fingerprint density at radius 3 is 2.52 bits per heavy atom. The van der Waals surface area contributed by atoms with Gasteiger partial charge in [-0.05, 0) is 25.1 Å². The lowest BCUT2D eigenvalue weighted by Gasteiger charge is -1.99. The second-order valence-electron chi connectivity index (χ2n) is 6.98. The third kappa shape index (κ3) is 5.04. The van der Waals surface area contributed by atoms with Crippen LogP contribution in [0.2, 0.25) is 0 Å². The van der Waals surface area contributed by atoms with Crippen molar-refractivity contribution in [1.82, 2.24) is 4.98 Å². The molecule has 0 spiro atoms. The van der Waals surface area contributed by atoms with E-state index in [1.165, 1.54) is 44.9 Å². The molecule has 2 aliphatic rings. The molecule has 1 aliphatic heterocycles. The molecule has 1 saturated carbocycles. The molecule has 0 saturated heterocycles. The number of hydrogen-bond donors (Lipinski definition) is 2. The Kier molecular flexibility index (Phi) is 7.05. The minimum absolute atomic E-state index is 0.0682. The number of carbonyl (C=O) groups excluding carboxylic acids is 1. The van der Waals surface area contributed by atoms with E-state index in [0.717, 1.165) is 5.56 Å². The molecule has 3 N–H and O–H groups in total. The molecule has 3 heterocycles. The molecule has 0 bridgehead atoms. The molecule has 154 valence electrons. The molecule has 0 unspecified atom stereocenters. The van der Waals surface area contributed by atoms with E-state index in [0.29, 0.717) is 11.4 Å². The lowest BCUT2D eigenvalue weighted by molar-refractivity contribution is 0.0524. The molecule has 0 radical (unpaired) electrons. The van der Waals surface area contributed by atoms with Crippen LogP contribution in [0.5, 0.6) is 5.75 Å².